The Kier molecular flexibility index (Phi) is 3.36. The SMILES string of the molecule is CC(CN(C)c1nccn(C2CC2)c1=O)C(=O)O. The van der Waals surface area contributed by atoms with E-state index in [1.165, 1.54) is 0 Å². The third kappa shape index (κ3) is 2.52. The fourth-order valence-electron chi connectivity index (χ4n) is 1.89. The van der Waals surface area contributed by atoms with Crippen LogP contribution in [0.2, 0.25) is 0 Å². The summed E-state index contributed by atoms with van der Waals surface area (Å²) in [6.07, 6.45) is 5.34. The Bertz CT molecular complexity index is 508. The molecule has 0 radical (unpaired) electrons. The van der Waals surface area contributed by atoms with Crippen molar-refractivity contribution < 1.29 is 9.90 Å². The standard InChI is InChI=1S/C12H17N3O3/c1-8(12(17)18)7-14(2)10-11(16)15(6-5-13-10)9-3-4-9/h5-6,8-9H,3-4,7H2,1-2H3,(H,17,18). The highest BCUT2D eigenvalue weighted by Crippen LogP contribution is 2.33. The van der Waals surface area contributed by atoms with Gasteiger partial charge in [0, 0.05) is 32.0 Å². The number of carboxylic acids is 1. The first-order valence-electron chi connectivity index (χ1n) is 6.01. The van der Waals surface area contributed by atoms with E-state index >= 15 is 0 Å². The number of carbonyl (C=O) groups is 1. The fourth-order valence-corrected chi connectivity index (χ4v) is 1.89. The molecular weight excluding hydrogens is 234 g/mol. The second-order valence-electron chi connectivity index (χ2n) is 4.81. The molecular formula is C12H17N3O3. The average molecular weight is 251 g/mol. The summed E-state index contributed by atoms with van der Waals surface area (Å²) in [7, 11) is 1.69. The lowest BCUT2D eigenvalue weighted by Gasteiger charge is -2.20. The molecule has 1 unspecified atom stereocenters. The highest BCUT2D eigenvalue weighted by molar-refractivity contribution is 5.70. The quantitative estimate of drug-likeness (QED) is 0.835. The lowest BCUT2D eigenvalue weighted by atomic mass is 10.2. The molecule has 0 amide bonds. The summed E-state index contributed by atoms with van der Waals surface area (Å²) in [6.45, 7) is 1.88. The van der Waals surface area contributed by atoms with Gasteiger partial charge >= 0.3 is 5.97 Å². The molecule has 0 saturated heterocycles. The number of nitrogens with zero attached hydrogens (tertiary/aromatic N) is 3. The van der Waals surface area contributed by atoms with Crippen molar-refractivity contribution in [2.75, 3.05) is 18.5 Å². The summed E-state index contributed by atoms with van der Waals surface area (Å²) in [6, 6.07) is 0.296. The molecule has 6 nitrogen and oxygen atoms in total. The topological polar surface area (TPSA) is 75.4 Å². The van der Waals surface area contributed by atoms with E-state index in [1.807, 2.05) is 0 Å². The van der Waals surface area contributed by atoms with Gasteiger partial charge in [-0.3, -0.25) is 9.59 Å². The highest BCUT2D eigenvalue weighted by Gasteiger charge is 2.26. The number of aromatic nitrogens is 2. The second-order valence-corrected chi connectivity index (χ2v) is 4.81. The second kappa shape index (κ2) is 4.80. The largest absolute Gasteiger partial charge is 0.481 e. The van der Waals surface area contributed by atoms with Crippen molar-refractivity contribution in [2.24, 2.45) is 5.92 Å². The highest BCUT2D eigenvalue weighted by atomic mass is 16.4. The molecule has 0 aromatic carbocycles. The van der Waals surface area contributed by atoms with Crippen LogP contribution in [0.15, 0.2) is 17.2 Å². The van der Waals surface area contributed by atoms with Gasteiger partial charge in [-0.25, -0.2) is 4.98 Å². The molecule has 1 fully saturated rings. The Morgan fingerprint density at radius 1 is 1.67 bits per heavy atom. The van der Waals surface area contributed by atoms with Crippen LogP contribution < -0.4 is 10.5 Å². The molecule has 0 bridgehead atoms. The van der Waals surface area contributed by atoms with Gasteiger partial charge in [0.2, 0.25) is 0 Å². The monoisotopic (exact) mass is 251 g/mol. The average Bonchev–Trinajstić information content (AvgIpc) is 3.12. The van der Waals surface area contributed by atoms with Crippen molar-refractivity contribution in [3.8, 4) is 0 Å². The molecule has 18 heavy (non-hydrogen) atoms. The van der Waals surface area contributed by atoms with Crippen LogP contribution in [0.3, 0.4) is 0 Å². The normalized spacial score (nSPS) is 16.3. The van der Waals surface area contributed by atoms with Crippen LogP contribution in [0.25, 0.3) is 0 Å². The van der Waals surface area contributed by atoms with Crippen LogP contribution >= 0.6 is 0 Å². The Hall–Kier alpha value is -1.85. The lowest BCUT2D eigenvalue weighted by molar-refractivity contribution is -0.140. The molecule has 1 N–H and O–H groups in total. The zero-order chi connectivity index (χ0) is 13.3. The van der Waals surface area contributed by atoms with Crippen molar-refractivity contribution in [3.63, 3.8) is 0 Å². The van der Waals surface area contributed by atoms with Crippen LogP contribution in [0.5, 0.6) is 0 Å². The van der Waals surface area contributed by atoms with E-state index < -0.39 is 11.9 Å². The van der Waals surface area contributed by atoms with Gasteiger partial charge in [0.1, 0.15) is 0 Å². The van der Waals surface area contributed by atoms with Crippen molar-refractivity contribution in [3.05, 3.63) is 22.7 Å². The van der Waals surface area contributed by atoms with Crippen LogP contribution in [0.4, 0.5) is 5.82 Å². The Morgan fingerprint density at radius 2 is 2.33 bits per heavy atom. The first-order chi connectivity index (χ1) is 8.50. The van der Waals surface area contributed by atoms with Gasteiger partial charge in [-0.2, -0.15) is 0 Å². The zero-order valence-electron chi connectivity index (χ0n) is 10.5. The van der Waals surface area contributed by atoms with Crippen molar-refractivity contribution >= 4 is 11.8 Å². The first-order valence-corrected chi connectivity index (χ1v) is 6.01. The Morgan fingerprint density at radius 3 is 2.89 bits per heavy atom. The van der Waals surface area contributed by atoms with E-state index in [4.69, 9.17) is 5.11 Å². The van der Waals surface area contributed by atoms with Crippen molar-refractivity contribution in [1.29, 1.82) is 0 Å². The maximum Gasteiger partial charge on any atom is 0.308 e. The van der Waals surface area contributed by atoms with Gasteiger partial charge < -0.3 is 14.6 Å². The predicted octanol–water partition coefficient (Wildman–Crippen LogP) is 0.735. The van der Waals surface area contributed by atoms with Crippen molar-refractivity contribution in [1.82, 2.24) is 9.55 Å². The molecule has 6 heteroatoms. The fraction of sp³-hybridized carbons (Fsp3) is 0.583. The van der Waals surface area contributed by atoms with Crippen LogP contribution in [0, 0.1) is 5.92 Å². The Balaban J connectivity index is 2.20. The molecule has 98 valence electrons. The minimum absolute atomic E-state index is 0.139. The van der Waals surface area contributed by atoms with Gasteiger partial charge in [-0.15, -0.1) is 0 Å². The molecule has 1 aliphatic rings. The summed E-state index contributed by atoms with van der Waals surface area (Å²) >= 11 is 0. The molecule has 1 saturated carbocycles. The molecule has 1 atom stereocenters. The summed E-state index contributed by atoms with van der Waals surface area (Å²) < 4.78 is 1.68. The number of hydrogen-bond donors (Lipinski definition) is 1. The molecule has 1 aromatic rings. The van der Waals surface area contributed by atoms with E-state index in [9.17, 15) is 9.59 Å². The number of hydrogen-bond acceptors (Lipinski definition) is 4. The van der Waals surface area contributed by atoms with E-state index in [1.54, 1.807) is 35.8 Å². The minimum atomic E-state index is -0.875. The summed E-state index contributed by atoms with van der Waals surface area (Å²) in [5.41, 5.74) is -0.139. The van der Waals surface area contributed by atoms with E-state index in [0.717, 1.165) is 12.8 Å². The Labute approximate surface area is 105 Å². The first kappa shape index (κ1) is 12.6. The number of carboxylic acid groups (broad SMARTS) is 1. The number of anilines is 1. The maximum atomic E-state index is 12.2. The van der Waals surface area contributed by atoms with Crippen LogP contribution in [-0.4, -0.2) is 34.2 Å². The number of aliphatic carboxylic acids is 1. The van der Waals surface area contributed by atoms with Gasteiger partial charge in [-0.05, 0) is 12.8 Å². The van der Waals surface area contributed by atoms with Crippen molar-refractivity contribution in [2.45, 2.75) is 25.8 Å². The molecule has 1 heterocycles. The van der Waals surface area contributed by atoms with Crippen LogP contribution in [-0.2, 0) is 4.79 Å². The van der Waals surface area contributed by atoms with Gasteiger partial charge in [0.05, 0.1) is 5.92 Å². The van der Waals surface area contributed by atoms with E-state index in [-0.39, 0.29) is 12.1 Å². The smallest absolute Gasteiger partial charge is 0.308 e. The third-order valence-corrected chi connectivity index (χ3v) is 3.12. The van der Waals surface area contributed by atoms with E-state index in [0.29, 0.717) is 11.9 Å². The molecule has 2 rings (SSSR count). The summed E-state index contributed by atoms with van der Waals surface area (Å²) in [5.74, 6) is -1.09. The summed E-state index contributed by atoms with van der Waals surface area (Å²) in [5, 5.41) is 8.87. The molecule has 1 aromatic heterocycles. The van der Waals surface area contributed by atoms with Gasteiger partial charge in [0.25, 0.3) is 5.56 Å². The minimum Gasteiger partial charge on any atom is -0.481 e. The number of rotatable bonds is 5. The van der Waals surface area contributed by atoms with E-state index in [2.05, 4.69) is 4.98 Å². The molecule has 0 aliphatic heterocycles. The van der Waals surface area contributed by atoms with Gasteiger partial charge in [-0.1, -0.05) is 6.92 Å². The third-order valence-electron chi connectivity index (χ3n) is 3.12. The van der Waals surface area contributed by atoms with Crippen LogP contribution in [0.1, 0.15) is 25.8 Å². The molecule has 0 spiro atoms. The lowest BCUT2D eigenvalue weighted by Crippen LogP contribution is -2.35. The van der Waals surface area contributed by atoms with Gasteiger partial charge in [0.15, 0.2) is 5.82 Å². The predicted molar refractivity (Wildman–Crippen MR) is 66.8 cm³/mol. The summed E-state index contributed by atoms with van der Waals surface area (Å²) in [4.78, 5) is 28.6. The maximum absolute atomic E-state index is 12.2. The molecule has 1 aliphatic carbocycles. The zero-order valence-corrected chi connectivity index (χ0v) is 10.5.